The van der Waals surface area contributed by atoms with Gasteiger partial charge in [-0.2, -0.15) is 0 Å². The smallest absolute Gasteiger partial charge is 0.317 e. The second kappa shape index (κ2) is 7.31. The number of benzene rings is 1. The number of aromatic nitrogens is 1. The average molecular weight is 303 g/mol. The molecular weight excluding hydrogens is 278 g/mol. The summed E-state index contributed by atoms with van der Waals surface area (Å²) in [7, 11) is 3.45. The van der Waals surface area contributed by atoms with E-state index in [1.807, 2.05) is 26.1 Å². The molecule has 5 nitrogen and oxygen atoms in total. The summed E-state index contributed by atoms with van der Waals surface area (Å²) >= 11 is 0. The van der Waals surface area contributed by atoms with Crippen LogP contribution in [0.3, 0.4) is 0 Å². The van der Waals surface area contributed by atoms with E-state index >= 15 is 0 Å². The molecular formula is C17H25N3O2. The lowest BCUT2D eigenvalue weighted by atomic mass is 10.2. The first-order valence-electron chi connectivity index (χ1n) is 7.59. The number of rotatable bonds is 6. The highest BCUT2D eigenvalue weighted by Crippen LogP contribution is 2.18. The van der Waals surface area contributed by atoms with Crippen molar-refractivity contribution in [2.75, 3.05) is 27.2 Å². The molecule has 0 fully saturated rings. The van der Waals surface area contributed by atoms with Gasteiger partial charge in [-0.25, -0.2) is 4.79 Å². The summed E-state index contributed by atoms with van der Waals surface area (Å²) in [5, 5.41) is 4.10. The van der Waals surface area contributed by atoms with Gasteiger partial charge in [-0.3, -0.25) is 0 Å². The van der Waals surface area contributed by atoms with E-state index in [0.29, 0.717) is 13.1 Å². The van der Waals surface area contributed by atoms with Crippen molar-refractivity contribution < 1.29 is 9.53 Å². The van der Waals surface area contributed by atoms with Gasteiger partial charge in [0.15, 0.2) is 0 Å². The maximum atomic E-state index is 12.0. The topological polar surface area (TPSA) is 46.5 Å². The van der Waals surface area contributed by atoms with E-state index in [4.69, 9.17) is 4.74 Å². The molecule has 2 aromatic rings. The van der Waals surface area contributed by atoms with Crippen LogP contribution in [0.2, 0.25) is 0 Å². The number of carbonyl (C=O) groups is 1. The zero-order valence-corrected chi connectivity index (χ0v) is 13.8. The summed E-state index contributed by atoms with van der Waals surface area (Å²) in [6.45, 7) is 5.98. The Balaban J connectivity index is 1.94. The van der Waals surface area contributed by atoms with Gasteiger partial charge in [0.1, 0.15) is 0 Å². The van der Waals surface area contributed by atoms with Crippen LogP contribution in [-0.4, -0.2) is 48.8 Å². The molecule has 1 unspecified atom stereocenters. The fraction of sp³-hybridized carbons (Fsp3) is 0.471. The molecule has 1 aromatic carbocycles. The number of ether oxygens (including phenoxy) is 1. The van der Waals surface area contributed by atoms with E-state index in [1.165, 1.54) is 16.6 Å². The summed E-state index contributed by atoms with van der Waals surface area (Å²) in [5.74, 6) is 0. The van der Waals surface area contributed by atoms with Crippen molar-refractivity contribution >= 4 is 16.9 Å². The molecule has 1 N–H and O–H groups in total. The second-order valence-corrected chi connectivity index (χ2v) is 5.65. The highest BCUT2D eigenvalue weighted by Gasteiger charge is 2.11. The van der Waals surface area contributed by atoms with Crippen LogP contribution in [0.5, 0.6) is 0 Å². The molecule has 120 valence electrons. The molecule has 1 atom stereocenters. The largest absolute Gasteiger partial charge is 0.380 e. The second-order valence-electron chi connectivity index (χ2n) is 5.65. The standard InChI is InChI=1S/C17H25N3O2/c1-13-11-15-7-5-6-8-16(15)20(13)10-9-19(3)17(21)18-12-14(2)22-4/h5-8,11,14H,9-10,12H2,1-4H3,(H,18,21). The van der Waals surface area contributed by atoms with Crippen molar-refractivity contribution in [3.8, 4) is 0 Å². The number of nitrogens with one attached hydrogen (secondary N) is 1. The molecule has 2 rings (SSSR count). The molecule has 0 saturated carbocycles. The Hall–Kier alpha value is -2.01. The number of aryl methyl sites for hydroxylation is 1. The predicted octanol–water partition coefficient (Wildman–Crippen LogP) is 2.63. The highest BCUT2D eigenvalue weighted by atomic mass is 16.5. The van der Waals surface area contributed by atoms with Crippen molar-refractivity contribution in [3.05, 3.63) is 36.0 Å². The van der Waals surface area contributed by atoms with Crippen molar-refractivity contribution in [3.63, 3.8) is 0 Å². The Morgan fingerprint density at radius 2 is 2.14 bits per heavy atom. The van der Waals surface area contributed by atoms with Crippen molar-refractivity contribution in [1.29, 1.82) is 0 Å². The first-order valence-corrected chi connectivity index (χ1v) is 7.59. The van der Waals surface area contributed by atoms with Gasteiger partial charge in [0.25, 0.3) is 0 Å². The molecule has 0 aliphatic rings. The van der Waals surface area contributed by atoms with Crippen LogP contribution in [0.15, 0.2) is 30.3 Å². The molecule has 0 bridgehead atoms. The molecule has 0 aliphatic carbocycles. The number of para-hydroxylation sites is 1. The van der Waals surface area contributed by atoms with Crippen LogP contribution in [0.25, 0.3) is 10.9 Å². The Morgan fingerprint density at radius 1 is 1.41 bits per heavy atom. The highest BCUT2D eigenvalue weighted by molar-refractivity contribution is 5.81. The molecule has 1 aromatic heterocycles. The number of nitrogens with zero attached hydrogens (tertiary/aromatic N) is 2. The minimum Gasteiger partial charge on any atom is -0.380 e. The van der Waals surface area contributed by atoms with Crippen molar-refractivity contribution in [1.82, 2.24) is 14.8 Å². The Kier molecular flexibility index (Phi) is 5.44. The average Bonchev–Trinajstić information content (AvgIpc) is 2.85. The summed E-state index contributed by atoms with van der Waals surface area (Å²) in [4.78, 5) is 13.7. The van der Waals surface area contributed by atoms with Gasteiger partial charge in [0.05, 0.1) is 6.10 Å². The van der Waals surface area contributed by atoms with E-state index in [9.17, 15) is 4.79 Å². The van der Waals surface area contributed by atoms with Gasteiger partial charge >= 0.3 is 6.03 Å². The Labute approximate surface area is 131 Å². The van der Waals surface area contributed by atoms with Gasteiger partial charge in [-0.1, -0.05) is 18.2 Å². The van der Waals surface area contributed by atoms with E-state index in [1.54, 1.807) is 12.0 Å². The van der Waals surface area contributed by atoms with Gasteiger partial charge in [0, 0.05) is 45.0 Å². The molecule has 2 amide bonds. The minimum atomic E-state index is -0.0713. The fourth-order valence-corrected chi connectivity index (χ4v) is 2.45. The number of urea groups is 1. The third-order valence-corrected chi connectivity index (χ3v) is 3.97. The van der Waals surface area contributed by atoms with Gasteiger partial charge < -0.3 is 19.5 Å². The molecule has 5 heteroatoms. The summed E-state index contributed by atoms with van der Waals surface area (Å²) in [6.07, 6.45) is 0.0213. The van der Waals surface area contributed by atoms with Crippen LogP contribution >= 0.6 is 0 Å². The van der Waals surface area contributed by atoms with Crippen molar-refractivity contribution in [2.24, 2.45) is 0 Å². The number of likely N-dealkylation sites (N-methyl/N-ethyl adjacent to an activating group) is 1. The monoisotopic (exact) mass is 303 g/mol. The summed E-state index contributed by atoms with van der Waals surface area (Å²) in [5.41, 5.74) is 2.42. The summed E-state index contributed by atoms with van der Waals surface area (Å²) in [6, 6.07) is 10.4. The molecule has 1 heterocycles. The third kappa shape index (κ3) is 3.80. The fourth-order valence-electron chi connectivity index (χ4n) is 2.45. The van der Waals surface area contributed by atoms with E-state index in [0.717, 1.165) is 6.54 Å². The molecule has 0 saturated heterocycles. The van der Waals surface area contributed by atoms with Gasteiger partial charge in [0.2, 0.25) is 0 Å². The lowest BCUT2D eigenvalue weighted by Crippen LogP contribution is -2.41. The number of hydrogen-bond donors (Lipinski definition) is 1. The maximum absolute atomic E-state index is 12.0. The third-order valence-electron chi connectivity index (χ3n) is 3.97. The number of carbonyl (C=O) groups excluding carboxylic acids is 1. The van der Waals surface area contributed by atoms with Crippen LogP contribution in [0.1, 0.15) is 12.6 Å². The first-order chi connectivity index (χ1) is 10.5. The predicted molar refractivity (Wildman–Crippen MR) is 89.2 cm³/mol. The quantitative estimate of drug-likeness (QED) is 0.891. The first kappa shape index (κ1) is 16.4. The Morgan fingerprint density at radius 3 is 2.86 bits per heavy atom. The van der Waals surface area contributed by atoms with Crippen LogP contribution < -0.4 is 5.32 Å². The van der Waals surface area contributed by atoms with Gasteiger partial charge in [-0.15, -0.1) is 0 Å². The van der Waals surface area contributed by atoms with E-state index in [-0.39, 0.29) is 12.1 Å². The van der Waals surface area contributed by atoms with E-state index < -0.39 is 0 Å². The number of hydrogen-bond acceptors (Lipinski definition) is 2. The molecule has 0 radical (unpaired) electrons. The summed E-state index contributed by atoms with van der Waals surface area (Å²) < 4.78 is 7.37. The van der Waals surface area contributed by atoms with Crippen molar-refractivity contribution in [2.45, 2.75) is 26.5 Å². The number of methoxy groups -OCH3 is 1. The lowest BCUT2D eigenvalue weighted by Gasteiger charge is -2.20. The lowest BCUT2D eigenvalue weighted by molar-refractivity contribution is 0.116. The minimum absolute atomic E-state index is 0.0213. The zero-order chi connectivity index (χ0) is 16.1. The zero-order valence-electron chi connectivity index (χ0n) is 13.8. The maximum Gasteiger partial charge on any atom is 0.317 e. The number of amides is 2. The Bertz CT molecular complexity index is 636. The molecule has 0 spiro atoms. The van der Waals surface area contributed by atoms with E-state index in [2.05, 4.69) is 35.0 Å². The molecule has 22 heavy (non-hydrogen) atoms. The SMILES string of the molecule is COC(C)CNC(=O)N(C)CCn1c(C)cc2ccccc21. The van der Waals surface area contributed by atoms with Crippen LogP contribution in [-0.2, 0) is 11.3 Å². The number of fused-ring (bicyclic) bond motifs is 1. The van der Waals surface area contributed by atoms with Crippen LogP contribution in [0.4, 0.5) is 4.79 Å². The normalized spacial score (nSPS) is 12.4. The van der Waals surface area contributed by atoms with Gasteiger partial charge in [-0.05, 0) is 31.4 Å². The molecule has 0 aliphatic heterocycles. The van der Waals surface area contributed by atoms with Crippen LogP contribution in [0, 0.1) is 6.92 Å².